The molecule has 0 heterocycles. The predicted octanol–water partition coefficient (Wildman–Crippen LogP) is 3.59. The summed E-state index contributed by atoms with van der Waals surface area (Å²) in [7, 11) is -2.09. The van der Waals surface area contributed by atoms with Gasteiger partial charge in [0.2, 0.25) is 10.0 Å². The molecule has 27 heavy (non-hydrogen) atoms. The lowest BCUT2D eigenvalue weighted by atomic mass is 10.1. The van der Waals surface area contributed by atoms with Crippen molar-refractivity contribution in [2.75, 3.05) is 20.3 Å². The van der Waals surface area contributed by atoms with E-state index in [1.165, 1.54) is 0 Å². The fourth-order valence-corrected chi connectivity index (χ4v) is 4.06. The number of hydrogen-bond acceptors (Lipinski definition) is 5. The van der Waals surface area contributed by atoms with Gasteiger partial charge in [0.15, 0.2) is 11.5 Å². The Morgan fingerprint density at radius 3 is 2.19 bits per heavy atom. The zero-order valence-electron chi connectivity index (χ0n) is 16.5. The van der Waals surface area contributed by atoms with Gasteiger partial charge < -0.3 is 14.2 Å². The van der Waals surface area contributed by atoms with Crippen molar-refractivity contribution in [2.45, 2.75) is 39.1 Å². The van der Waals surface area contributed by atoms with Crippen LogP contribution in [0, 0.1) is 13.8 Å². The van der Waals surface area contributed by atoms with E-state index in [9.17, 15) is 8.42 Å². The van der Waals surface area contributed by atoms with Crippen LogP contribution in [0.15, 0.2) is 35.2 Å². The standard InChI is InChI=1S/C20H27NO5S/c1-6-25-17-9-8-16(12-19(17)26-7-2)13-21-27(22,23)20-11-14(3)18(24-5)10-15(20)4/h8-12,21H,6-7,13H2,1-5H3. The largest absolute Gasteiger partial charge is 0.496 e. The third-order valence-electron chi connectivity index (χ3n) is 4.06. The van der Waals surface area contributed by atoms with Gasteiger partial charge in [-0.2, -0.15) is 0 Å². The summed E-state index contributed by atoms with van der Waals surface area (Å²) < 4.78 is 44.5. The maximum Gasteiger partial charge on any atom is 0.241 e. The van der Waals surface area contributed by atoms with E-state index in [0.717, 1.165) is 11.1 Å². The summed E-state index contributed by atoms with van der Waals surface area (Å²) in [6.45, 7) is 8.54. The Labute approximate surface area is 161 Å². The first kappa shape index (κ1) is 21.1. The van der Waals surface area contributed by atoms with Crippen molar-refractivity contribution in [3.8, 4) is 17.2 Å². The maximum atomic E-state index is 12.8. The van der Waals surface area contributed by atoms with E-state index < -0.39 is 10.0 Å². The van der Waals surface area contributed by atoms with Gasteiger partial charge in [-0.3, -0.25) is 0 Å². The van der Waals surface area contributed by atoms with E-state index in [1.807, 2.05) is 26.8 Å². The van der Waals surface area contributed by atoms with Crippen molar-refractivity contribution in [1.82, 2.24) is 4.72 Å². The number of aryl methyl sites for hydroxylation is 2. The molecule has 1 N–H and O–H groups in total. The predicted molar refractivity (Wildman–Crippen MR) is 105 cm³/mol. The van der Waals surface area contributed by atoms with Crippen molar-refractivity contribution < 1.29 is 22.6 Å². The van der Waals surface area contributed by atoms with Crippen LogP contribution in [-0.2, 0) is 16.6 Å². The highest BCUT2D eigenvalue weighted by atomic mass is 32.2. The van der Waals surface area contributed by atoms with Crippen molar-refractivity contribution in [2.24, 2.45) is 0 Å². The number of sulfonamides is 1. The second-order valence-electron chi connectivity index (χ2n) is 6.06. The van der Waals surface area contributed by atoms with E-state index in [-0.39, 0.29) is 11.4 Å². The van der Waals surface area contributed by atoms with Gasteiger partial charge in [-0.05, 0) is 68.7 Å². The Balaban J connectivity index is 2.22. The smallest absolute Gasteiger partial charge is 0.241 e. The molecule has 0 aromatic heterocycles. The molecule has 0 amide bonds. The van der Waals surface area contributed by atoms with E-state index in [0.29, 0.717) is 36.0 Å². The minimum Gasteiger partial charge on any atom is -0.496 e. The molecule has 2 rings (SSSR count). The molecule has 0 bridgehead atoms. The highest BCUT2D eigenvalue weighted by Crippen LogP contribution is 2.29. The molecule has 148 valence electrons. The topological polar surface area (TPSA) is 73.9 Å². The highest BCUT2D eigenvalue weighted by molar-refractivity contribution is 7.89. The van der Waals surface area contributed by atoms with Crippen molar-refractivity contribution in [3.63, 3.8) is 0 Å². The van der Waals surface area contributed by atoms with Crippen LogP contribution in [0.4, 0.5) is 0 Å². The van der Waals surface area contributed by atoms with Gasteiger partial charge >= 0.3 is 0 Å². The molecule has 0 saturated carbocycles. The molecule has 2 aromatic rings. The van der Waals surface area contributed by atoms with E-state index in [2.05, 4.69) is 4.72 Å². The number of rotatable bonds is 9. The third kappa shape index (κ3) is 5.14. The number of benzene rings is 2. The molecular formula is C20H27NO5S. The molecule has 0 spiro atoms. The highest BCUT2D eigenvalue weighted by Gasteiger charge is 2.19. The first-order valence-electron chi connectivity index (χ1n) is 8.85. The van der Waals surface area contributed by atoms with Gasteiger partial charge in [-0.1, -0.05) is 6.07 Å². The van der Waals surface area contributed by atoms with Gasteiger partial charge in [0.25, 0.3) is 0 Å². The van der Waals surface area contributed by atoms with Crippen LogP contribution in [-0.4, -0.2) is 28.7 Å². The Morgan fingerprint density at radius 1 is 0.889 bits per heavy atom. The molecule has 0 atom stereocenters. The maximum absolute atomic E-state index is 12.8. The minimum atomic E-state index is -3.66. The van der Waals surface area contributed by atoms with Crippen molar-refractivity contribution in [3.05, 3.63) is 47.0 Å². The lowest BCUT2D eigenvalue weighted by Gasteiger charge is -2.14. The molecule has 6 nitrogen and oxygen atoms in total. The molecule has 2 aromatic carbocycles. The Hall–Kier alpha value is -2.25. The molecule has 0 fully saturated rings. The molecule has 0 aliphatic heterocycles. The van der Waals surface area contributed by atoms with Crippen LogP contribution in [0.25, 0.3) is 0 Å². The molecule has 0 aliphatic carbocycles. The zero-order valence-corrected chi connectivity index (χ0v) is 17.3. The van der Waals surface area contributed by atoms with Crippen LogP contribution >= 0.6 is 0 Å². The van der Waals surface area contributed by atoms with Gasteiger partial charge in [-0.25, -0.2) is 13.1 Å². The summed E-state index contributed by atoms with van der Waals surface area (Å²) in [6.07, 6.45) is 0. The molecule has 0 aliphatic rings. The van der Waals surface area contributed by atoms with E-state index in [4.69, 9.17) is 14.2 Å². The summed E-state index contributed by atoms with van der Waals surface area (Å²) in [5.41, 5.74) is 2.18. The van der Waals surface area contributed by atoms with Crippen LogP contribution in [0.3, 0.4) is 0 Å². The van der Waals surface area contributed by atoms with Crippen molar-refractivity contribution in [1.29, 1.82) is 0 Å². The van der Waals surface area contributed by atoms with E-state index >= 15 is 0 Å². The van der Waals surface area contributed by atoms with Gasteiger partial charge in [0.1, 0.15) is 5.75 Å². The summed E-state index contributed by atoms with van der Waals surface area (Å²) in [6, 6.07) is 8.76. The molecule has 7 heteroatoms. The summed E-state index contributed by atoms with van der Waals surface area (Å²) >= 11 is 0. The van der Waals surface area contributed by atoms with Gasteiger partial charge in [0.05, 0.1) is 25.2 Å². The second-order valence-corrected chi connectivity index (χ2v) is 7.79. The lowest BCUT2D eigenvalue weighted by molar-refractivity contribution is 0.287. The zero-order chi connectivity index (χ0) is 20.0. The number of hydrogen-bond donors (Lipinski definition) is 1. The monoisotopic (exact) mass is 393 g/mol. The Morgan fingerprint density at radius 2 is 1.56 bits per heavy atom. The second kappa shape index (κ2) is 9.10. The molecule has 0 unspecified atom stereocenters. The van der Waals surface area contributed by atoms with E-state index in [1.54, 1.807) is 38.3 Å². The van der Waals surface area contributed by atoms with Gasteiger partial charge in [-0.15, -0.1) is 0 Å². The normalized spacial score (nSPS) is 11.3. The third-order valence-corrected chi connectivity index (χ3v) is 5.60. The first-order valence-corrected chi connectivity index (χ1v) is 10.3. The van der Waals surface area contributed by atoms with Crippen LogP contribution in [0.2, 0.25) is 0 Å². The molecule has 0 radical (unpaired) electrons. The summed E-state index contributed by atoms with van der Waals surface area (Å²) in [5.74, 6) is 1.92. The Kier molecular flexibility index (Phi) is 7.10. The summed E-state index contributed by atoms with van der Waals surface area (Å²) in [4.78, 5) is 0.247. The molecular weight excluding hydrogens is 366 g/mol. The Bertz CT molecular complexity index is 893. The number of methoxy groups -OCH3 is 1. The van der Waals surface area contributed by atoms with Crippen LogP contribution in [0.5, 0.6) is 17.2 Å². The fraction of sp³-hybridized carbons (Fsp3) is 0.400. The summed E-state index contributed by atoms with van der Waals surface area (Å²) in [5, 5.41) is 0. The fourth-order valence-electron chi connectivity index (χ4n) is 2.73. The average Bonchev–Trinajstić information content (AvgIpc) is 2.63. The van der Waals surface area contributed by atoms with Crippen LogP contribution in [0.1, 0.15) is 30.5 Å². The lowest BCUT2D eigenvalue weighted by Crippen LogP contribution is -2.24. The average molecular weight is 394 g/mol. The first-order chi connectivity index (χ1) is 12.8. The SMILES string of the molecule is CCOc1ccc(CNS(=O)(=O)c2cc(C)c(OC)cc2C)cc1OCC. The quantitative estimate of drug-likeness (QED) is 0.705. The number of nitrogens with one attached hydrogen (secondary N) is 1. The van der Waals surface area contributed by atoms with Crippen molar-refractivity contribution >= 4 is 10.0 Å². The number of ether oxygens (including phenoxy) is 3. The molecule has 0 saturated heterocycles. The van der Waals surface area contributed by atoms with Gasteiger partial charge in [0, 0.05) is 6.54 Å². The minimum absolute atomic E-state index is 0.152. The van der Waals surface area contributed by atoms with Crippen LogP contribution < -0.4 is 18.9 Å².